The summed E-state index contributed by atoms with van der Waals surface area (Å²) in [6, 6.07) is 0. The smallest absolute Gasteiger partial charge is 0.258 e. The quantitative estimate of drug-likeness (QED) is 0.863. The number of ether oxygens (including phenoxy) is 1. The van der Waals surface area contributed by atoms with E-state index >= 15 is 0 Å². The van der Waals surface area contributed by atoms with Crippen molar-refractivity contribution in [2.24, 2.45) is 5.41 Å². The van der Waals surface area contributed by atoms with Gasteiger partial charge in [0.2, 0.25) is 5.88 Å². The molecule has 0 aliphatic heterocycles. The molecule has 0 radical (unpaired) electrons. The number of aromatic nitrogens is 2. The minimum atomic E-state index is -0.369. The third-order valence-corrected chi connectivity index (χ3v) is 2.78. The number of hydrogen-bond acceptors (Lipinski definition) is 4. The first-order valence-electron chi connectivity index (χ1n) is 6.16. The van der Waals surface area contributed by atoms with Gasteiger partial charge in [-0.1, -0.05) is 34.1 Å². The van der Waals surface area contributed by atoms with Crippen LogP contribution < -0.4 is 5.56 Å². The van der Waals surface area contributed by atoms with E-state index in [1.54, 1.807) is 7.11 Å². The second-order valence-corrected chi connectivity index (χ2v) is 5.49. The zero-order chi connectivity index (χ0) is 13.9. The molecule has 5 heteroatoms. The first-order valence-corrected chi connectivity index (χ1v) is 6.16. The molecule has 0 aliphatic rings. The highest BCUT2D eigenvalue weighted by Gasteiger charge is 2.29. The van der Waals surface area contributed by atoms with E-state index in [1.807, 2.05) is 27.7 Å². The molecular weight excluding hydrogens is 232 g/mol. The second kappa shape index (κ2) is 5.52. The van der Waals surface area contributed by atoms with Gasteiger partial charge in [-0.15, -0.1) is 0 Å². The average molecular weight is 254 g/mol. The van der Waals surface area contributed by atoms with Gasteiger partial charge >= 0.3 is 0 Å². The van der Waals surface area contributed by atoms with Crippen molar-refractivity contribution in [3.05, 3.63) is 21.7 Å². The van der Waals surface area contributed by atoms with E-state index < -0.39 is 0 Å². The van der Waals surface area contributed by atoms with Crippen LogP contribution in [0.5, 0.6) is 5.88 Å². The molecule has 1 aromatic rings. The van der Waals surface area contributed by atoms with Gasteiger partial charge < -0.3 is 14.8 Å². The summed E-state index contributed by atoms with van der Waals surface area (Å²) in [7, 11) is 1.56. The van der Waals surface area contributed by atoms with Crippen molar-refractivity contribution in [2.45, 2.75) is 46.6 Å². The third-order valence-electron chi connectivity index (χ3n) is 2.78. The number of aromatic hydroxyl groups is 1. The van der Waals surface area contributed by atoms with Crippen molar-refractivity contribution in [3.8, 4) is 5.88 Å². The van der Waals surface area contributed by atoms with Gasteiger partial charge in [0.1, 0.15) is 11.9 Å². The molecule has 5 nitrogen and oxygen atoms in total. The normalized spacial score (nSPS) is 13.6. The van der Waals surface area contributed by atoms with E-state index in [0.717, 1.165) is 6.42 Å². The average Bonchev–Trinajstić information content (AvgIpc) is 2.22. The molecule has 1 unspecified atom stereocenters. The van der Waals surface area contributed by atoms with Crippen LogP contribution in [0.25, 0.3) is 0 Å². The van der Waals surface area contributed by atoms with Crippen molar-refractivity contribution >= 4 is 0 Å². The molecule has 0 aliphatic carbocycles. The number of methoxy groups -OCH3 is 1. The summed E-state index contributed by atoms with van der Waals surface area (Å²) in [6.45, 7) is 7.90. The molecule has 0 saturated heterocycles. The lowest BCUT2D eigenvalue weighted by molar-refractivity contribution is 0.00805. The van der Waals surface area contributed by atoms with Gasteiger partial charge in [-0.05, 0) is 11.8 Å². The van der Waals surface area contributed by atoms with Crippen LogP contribution in [0.2, 0.25) is 0 Å². The molecule has 0 amide bonds. The highest BCUT2D eigenvalue weighted by Crippen LogP contribution is 2.33. The molecule has 1 rings (SSSR count). The number of nitrogens with one attached hydrogen (secondary N) is 1. The van der Waals surface area contributed by atoms with Crippen LogP contribution in [-0.4, -0.2) is 22.2 Å². The Bertz CT molecular complexity index is 460. The Labute approximate surface area is 107 Å². The summed E-state index contributed by atoms with van der Waals surface area (Å²) in [5.41, 5.74) is -0.167. The lowest BCUT2D eigenvalue weighted by Crippen LogP contribution is -2.26. The lowest BCUT2D eigenvalue weighted by atomic mass is 9.88. The van der Waals surface area contributed by atoms with Crippen LogP contribution in [0.4, 0.5) is 0 Å². The summed E-state index contributed by atoms with van der Waals surface area (Å²) in [5.74, 6) is 0.175. The van der Waals surface area contributed by atoms with Crippen LogP contribution in [0, 0.1) is 5.41 Å². The van der Waals surface area contributed by atoms with Crippen LogP contribution in [0.1, 0.15) is 51.6 Å². The van der Waals surface area contributed by atoms with Crippen molar-refractivity contribution in [1.82, 2.24) is 9.97 Å². The van der Waals surface area contributed by atoms with Crippen LogP contribution in [0.3, 0.4) is 0 Å². The maximum atomic E-state index is 11.9. The van der Waals surface area contributed by atoms with Crippen LogP contribution in [0.15, 0.2) is 4.79 Å². The Morgan fingerprint density at radius 2 is 2.06 bits per heavy atom. The highest BCUT2D eigenvalue weighted by molar-refractivity contribution is 5.23. The molecule has 1 heterocycles. The molecule has 18 heavy (non-hydrogen) atoms. The first-order chi connectivity index (χ1) is 8.31. The monoisotopic (exact) mass is 254 g/mol. The standard InChI is InChI=1S/C13H22N2O3/c1-6-7-8-11(16)14-10(15-12(8)17)9(18-5)13(2,3)4/h9H,6-7H2,1-5H3,(H2,14,15,16,17). The van der Waals surface area contributed by atoms with E-state index in [0.29, 0.717) is 17.8 Å². The topological polar surface area (TPSA) is 75.2 Å². The third kappa shape index (κ3) is 3.10. The lowest BCUT2D eigenvalue weighted by Gasteiger charge is -2.28. The van der Waals surface area contributed by atoms with Crippen LogP contribution >= 0.6 is 0 Å². The molecule has 102 valence electrons. The fourth-order valence-electron chi connectivity index (χ4n) is 1.98. The largest absolute Gasteiger partial charge is 0.493 e. The Morgan fingerprint density at radius 1 is 1.44 bits per heavy atom. The molecule has 0 fully saturated rings. The SMILES string of the molecule is CCCc1c(O)nc(C(OC)C(C)(C)C)[nH]c1=O. The maximum Gasteiger partial charge on any atom is 0.258 e. The second-order valence-electron chi connectivity index (χ2n) is 5.49. The van der Waals surface area contributed by atoms with E-state index in [9.17, 15) is 9.90 Å². The van der Waals surface area contributed by atoms with Crippen molar-refractivity contribution < 1.29 is 9.84 Å². The number of nitrogens with zero attached hydrogens (tertiary/aromatic N) is 1. The van der Waals surface area contributed by atoms with Gasteiger partial charge in [-0.25, -0.2) is 0 Å². The highest BCUT2D eigenvalue weighted by atomic mass is 16.5. The predicted molar refractivity (Wildman–Crippen MR) is 69.7 cm³/mol. The van der Waals surface area contributed by atoms with Gasteiger partial charge in [-0.2, -0.15) is 4.98 Å². The molecule has 0 spiro atoms. The predicted octanol–water partition coefficient (Wildman–Crippen LogP) is 2.16. The number of H-pyrrole nitrogens is 1. The zero-order valence-electron chi connectivity index (χ0n) is 11.7. The van der Waals surface area contributed by atoms with E-state index in [4.69, 9.17) is 4.74 Å². The Hall–Kier alpha value is -1.36. The summed E-state index contributed by atoms with van der Waals surface area (Å²) in [4.78, 5) is 18.7. The van der Waals surface area contributed by atoms with Crippen molar-refractivity contribution in [2.75, 3.05) is 7.11 Å². The van der Waals surface area contributed by atoms with Gasteiger partial charge in [0.25, 0.3) is 5.56 Å². The fraction of sp³-hybridized carbons (Fsp3) is 0.692. The van der Waals surface area contributed by atoms with Gasteiger partial charge in [0.15, 0.2) is 0 Å². The first kappa shape index (κ1) is 14.7. The minimum Gasteiger partial charge on any atom is -0.493 e. The maximum absolute atomic E-state index is 11.9. The number of hydrogen-bond donors (Lipinski definition) is 2. The van der Waals surface area contributed by atoms with E-state index in [1.165, 1.54) is 0 Å². The Kier molecular flexibility index (Phi) is 4.51. The molecule has 0 saturated carbocycles. The molecule has 1 aromatic heterocycles. The van der Waals surface area contributed by atoms with Crippen LogP contribution in [-0.2, 0) is 11.2 Å². The molecule has 0 bridgehead atoms. The summed E-state index contributed by atoms with van der Waals surface area (Å²) >= 11 is 0. The minimum absolute atomic E-state index is 0.193. The molecule has 0 aromatic carbocycles. The van der Waals surface area contributed by atoms with Gasteiger partial charge in [-0.3, -0.25) is 4.79 Å². The zero-order valence-corrected chi connectivity index (χ0v) is 11.7. The van der Waals surface area contributed by atoms with Crippen molar-refractivity contribution in [1.29, 1.82) is 0 Å². The number of aromatic amines is 1. The van der Waals surface area contributed by atoms with Gasteiger partial charge in [0.05, 0.1) is 5.56 Å². The molecule has 1 atom stereocenters. The Balaban J connectivity index is 3.24. The Morgan fingerprint density at radius 3 is 2.44 bits per heavy atom. The molecule has 2 N–H and O–H groups in total. The summed E-state index contributed by atoms with van der Waals surface area (Å²) in [6.07, 6.45) is 0.929. The van der Waals surface area contributed by atoms with E-state index in [2.05, 4.69) is 9.97 Å². The summed E-state index contributed by atoms with van der Waals surface area (Å²) < 4.78 is 5.37. The van der Waals surface area contributed by atoms with Crippen molar-refractivity contribution in [3.63, 3.8) is 0 Å². The fourth-order valence-corrected chi connectivity index (χ4v) is 1.98. The van der Waals surface area contributed by atoms with Gasteiger partial charge in [0, 0.05) is 7.11 Å². The number of rotatable bonds is 4. The molecular formula is C13H22N2O3. The van der Waals surface area contributed by atoms with E-state index in [-0.39, 0.29) is 23.0 Å². The summed E-state index contributed by atoms with van der Waals surface area (Å²) in [5, 5.41) is 9.83.